The lowest BCUT2D eigenvalue weighted by atomic mass is 10.1. The number of aliphatic hydroxyl groups excluding tert-OH is 1. The first kappa shape index (κ1) is 9.93. The number of nitrogens with one attached hydrogen (secondary N) is 1. The Morgan fingerprint density at radius 1 is 1.36 bits per heavy atom. The monoisotopic (exact) mass is 198 g/mol. The second kappa shape index (κ2) is 4.28. The topological polar surface area (TPSA) is 52.6 Å². The molecule has 2 atom stereocenters. The molecule has 0 spiro atoms. The predicted octanol–water partition coefficient (Wildman–Crippen LogP) is -0.278. The smallest absolute Gasteiger partial charge is 0.239 e. The van der Waals surface area contributed by atoms with E-state index in [9.17, 15) is 9.90 Å². The third-order valence-corrected chi connectivity index (χ3v) is 3.07. The highest BCUT2D eigenvalue weighted by atomic mass is 16.3. The Labute approximate surface area is 84.3 Å². The van der Waals surface area contributed by atoms with Gasteiger partial charge in [0.2, 0.25) is 5.91 Å². The third-order valence-electron chi connectivity index (χ3n) is 3.07. The maximum absolute atomic E-state index is 11.9. The van der Waals surface area contributed by atoms with Gasteiger partial charge in [0.05, 0.1) is 12.1 Å². The van der Waals surface area contributed by atoms with Crippen molar-refractivity contribution in [2.24, 2.45) is 0 Å². The number of nitrogens with zero attached hydrogens (tertiary/aromatic N) is 1. The molecule has 2 rings (SSSR count). The zero-order valence-corrected chi connectivity index (χ0v) is 8.41. The summed E-state index contributed by atoms with van der Waals surface area (Å²) in [6, 6.07) is 0.0142. The largest absolute Gasteiger partial charge is 0.391 e. The molecule has 2 N–H and O–H groups in total. The fourth-order valence-corrected chi connectivity index (χ4v) is 2.27. The summed E-state index contributed by atoms with van der Waals surface area (Å²) in [6.45, 7) is 2.29. The summed E-state index contributed by atoms with van der Waals surface area (Å²) >= 11 is 0. The van der Waals surface area contributed by atoms with Crippen molar-refractivity contribution in [3.63, 3.8) is 0 Å². The van der Waals surface area contributed by atoms with Crippen LogP contribution in [-0.4, -0.2) is 47.7 Å². The van der Waals surface area contributed by atoms with Crippen LogP contribution in [0.3, 0.4) is 0 Å². The number of rotatable bonds is 1. The van der Waals surface area contributed by atoms with Gasteiger partial charge in [0, 0.05) is 13.1 Å². The van der Waals surface area contributed by atoms with Gasteiger partial charge >= 0.3 is 0 Å². The Balaban J connectivity index is 1.89. The van der Waals surface area contributed by atoms with Crippen LogP contribution >= 0.6 is 0 Å². The minimum atomic E-state index is -0.311. The van der Waals surface area contributed by atoms with Crippen molar-refractivity contribution >= 4 is 5.91 Å². The van der Waals surface area contributed by atoms with E-state index < -0.39 is 0 Å². The highest BCUT2D eigenvalue weighted by molar-refractivity contribution is 5.82. The van der Waals surface area contributed by atoms with Crippen molar-refractivity contribution in [1.29, 1.82) is 0 Å². The van der Waals surface area contributed by atoms with E-state index >= 15 is 0 Å². The summed E-state index contributed by atoms with van der Waals surface area (Å²) in [6.07, 6.45) is 3.49. The van der Waals surface area contributed by atoms with E-state index in [0.717, 1.165) is 38.8 Å². The van der Waals surface area contributed by atoms with Crippen LogP contribution < -0.4 is 5.32 Å². The molecule has 2 fully saturated rings. The Hall–Kier alpha value is -0.610. The molecule has 14 heavy (non-hydrogen) atoms. The van der Waals surface area contributed by atoms with Gasteiger partial charge in [0.25, 0.3) is 0 Å². The summed E-state index contributed by atoms with van der Waals surface area (Å²) in [5.74, 6) is 0.182. The van der Waals surface area contributed by atoms with Gasteiger partial charge in [0.1, 0.15) is 0 Å². The van der Waals surface area contributed by atoms with Crippen molar-refractivity contribution < 1.29 is 9.90 Å². The third kappa shape index (κ3) is 2.07. The summed E-state index contributed by atoms with van der Waals surface area (Å²) in [5.41, 5.74) is 0. The predicted molar refractivity (Wildman–Crippen MR) is 52.8 cm³/mol. The lowest BCUT2D eigenvalue weighted by Crippen LogP contribution is -2.49. The molecular formula is C10H18N2O2. The van der Waals surface area contributed by atoms with Crippen LogP contribution in [-0.2, 0) is 4.79 Å². The lowest BCUT2D eigenvalue weighted by molar-refractivity contribution is -0.136. The first-order chi connectivity index (χ1) is 6.77. The number of likely N-dealkylation sites (tertiary alicyclic amines) is 1. The molecule has 4 nitrogen and oxygen atoms in total. The summed E-state index contributed by atoms with van der Waals surface area (Å²) in [4.78, 5) is 13.7. The first-order valence-corrected chi connectivity index (χ1v) is 5.47. The Morgan fingerprint density at radius 3 is 2.86 bits per heavy atom. The minimum absolute atomic E-state index is 0.0142. The van der Waals surface area contributed by atoms with Gasteiger partial charge < -0.3 is 15.3 Å². The fourth-order valence-electron chi connectivity index (χ4n) is 2.27. The van der Waals surface area contributed by atoms with E-state index in [2.05, 4.69) is 5.32 Å². The quantitative estimate of drug-likeness (QED) is 0.609. The van der Waals surface area contributed by atoms with E-state index in [0.29, 0.717) is 6.54 Å². The Morgan fingerprint density at radius 2 is 2.21 bits per heavy atom. The number of hydrogen-bond donors (Lipinski definition) is 2. The molecule has 2 aliphatic heterocycles. The zero-order chi connectivity index (χ0) is 9.97. The van der Waals surface area contributed by atoms with Crippen LogP contribution in [0.5, 0.6) is 0 Å². The molecule has 2 saturated heterocycles. The summed E-state index contributed by atoms with van der Waals surface area (Å²) in [5, 5.41) is 12.7. The van der Waals surface area contributed by atoms with Crippen molar-refractivity contribution in [2.45, 2.75) is 37.8 Å². The van der Waals surface area contributed by atoms with Crippen LogP contribution in [0.1, 0.15) is 25.7 Å². The van der Waals surface area contributed by atoms with Gasteiger partial charge in [-0.05, 0) is 32.2 Å². The minimum Gasteiger partial charge on any atom is -0.391 e. The second-order valence-corrected chi connectivity index (χ2v) is 4.23. The molecule has 2 aliphatic rings. The molecule has 0 aromatic heterocycles. The molecule has 2 heterocycles. The SMILES string of the molecule is O=C([C@H]1CCCN1)N1CCCC(O)C1. The Kier molecular flexibility index (Phi) is 3.03. The summed E-state index contributed by atoms with van der Waals surface area (Å²) in [7, 11) is 0. The van der Waals surface area contributed by atoms with E-state index in [-0.39, 0.29) is 18.1 Å². The molecule has 4 heteroatoms. The number of aliphatic hydroxyl groups is 1. The van der Waals surface area contributed by atoms with Crippen LogP contribution in [0.25, 0.3) is 0 Å². The molecular weight excluding hydrogens is 180 g/mol. The molecule has 0 aromatic rings. The number of β-amino-alcohol motifs (C(OH)–C–C–N with tert-alkyl or cyclic N) is 1. The number of amides is 1. The zero-order valence-electron chi connectivity index (χ0n) is 8.41. The highest BCUT2D eigenvalue weighted by Gasteiger charge is 2.29. The molecule has 0 aromatic carbocycles. The molecule has 1 amide bonds. The molecule has 80 valence electrons. The standard InChI is InChI=1S/C10H18N2O2/c13-8-3-2-6-12(7-8)10(14)9-4-1-5-11-9/h8-9,11,13H,1-7H2/t8?,9-/m1/s1. The van der Waals surface area contributed by atoms with Crippen molar-refractivity contribution in [1.82, 2.24) is 10.2 Å². The van der Waals surface area contributed by atoms with Crippen molar-refractivity contribution in [2.75, 3.05) is 19.6 Å². The van der Waals surface area contributed by atoms with E-state index in [1.165, 1.54) is 0 Å². The van der Waals surface area contributed by atoms with Gasteiger partial charge in [-0.1, -0.05) is 0 Å². The van der Waals surface area contributed by atoms with E-state index in [1.54, 1.807) is 4.90 Å². The average molecular weight is 198 g/mol. The average Bonchev–Trinajstić information content (AvgIpc) is 2.69. The molecule has 0 aliphatic carbocycles. The molecule has 0 saturated carbocycles. The van der Waals surface area contributed by atoms with Crippen molar-refractivity contribution in [3.8, 4) is 0 Å². The number of carbonyl (C=O) groups excluding carboxylic acids is 1. The number of piperidine rings is 1. The van der Waals surface area contributed by atoms with Crippen LogP contribution in [0.2, 0.25) is 0 Å². The maximum Gasteiger partial charge on any atom is 0.239 e. The highest BCUT2D eigenvalue weighted by Crippen LogP contribution is 2.14. The van der Waals surface area contributed by atoms with E-state index in [4.69, 9.17) is 0 Å². The van der Waals surface area contributed by atoms with Gasteiger partial charge in [0.15, 0.2) is 0 Å². The van der Waals surface area contributed by atoms with Gasteiger partial charge in [-0.25, -0.2) is 0 Å². The normalized spacial score (nSPS) is 33.4. The van der Waals surface area contributed by atoms with E-state index in [1.807, 2.05) is 0 Å². The summed E-state index contributed by atoms with van der Waals surface area (Å²) < 4.78 is 0. The second-order valence-electron chi connectivity index (χ2n) is 4.23. The van der Waals surface area contributed by atoms with Gasteiger partial charge in [-0.2, -0.15) is 0 Å². The molecule has 1 unspecified atom stereocenters. The fraction of sp³-hybridized carbons (Fsp3) is 0.900. The van der Waals surface area contributed by atoms with Crippen LogP contribution in [0.15, 0.2) is 0 Å². The lowest BCUT2D eigenvalue weighted by Gasteiger charge is -2.31. The van der Waals surface area contributed by atoms with Crippen LogP contribution in [0, 0.1) is 0 Å². The van der Waals surface area contributed by atoms with Gasteiger partial charge in [-0.15, -0.1) is 0 Å². The Bertz CT molecular complexity index is 214. The van der Waals surface area contributed by atoms with Crippen molar-refractivity contribution in [3.05, 3.63) is 0 Å². The number of hydrogen-bond acceptors (Lipinski definition) is 3. The van der Waals surface area contributed by atoms with Gasteiger partial charge in [-0.3, -0.25) is 4.79 Å². The number of carbonyl (C=O) groups is 1. The van der Waals surface area contributed by atoms with Crippen LogP contribution in [0.4, 0.5) is 0 Å². The molecule has 0 bridgehead atoms. The maximum atomic E-state index is 11.9. The molecule has 0 radical (unpaired) electrons. The first-order valence-electron chi connectivity index (χ1n) is 5.47.